The summed E-state index contributed by atoms with van der Waals surface area (Å²) in [6, 6.07) is 5.86. The van der Waals surface area contributed by atoms with Crippen LogP contribution in [0.2, 0.25) is 5.02 Å². The molecule has 16 heteroatoms. The minimum atomic E-state index is -5.38. The van der Waals surface area contributed by atoms with E-state index in [0.717, 1.165) is 10.5 Å². The maximum absolute atomic E-state index is 13.4. The molecule has 2 aromatic heterocycles. The van der Waals surface area contributed by atoms with Gasteiger partial charge < -0.3 is 19.9 Å². The van der Waals surface area contributed by atoms with Gasteiger partial charge in [0.25, 0.3) is 15.9 Å². The predicted molar refractivity (Wildman–Crippen MR) is 126 cm³/mol. The van der Waals surface area contributed by atoms with Gasteiger partial charge in [-0.15, -0.1) is 0 Å². The maximum Gasteiger partial charge on any atom is 0.490 e. The van der Waals surface area contributed by atoms with Crippen molar-refractivity contribution in [2.45, 2.75) is 30.4 Å². The summed E-state index contributed by atoms with van der Waals surface area (Å²) in [5.41, 5.74) is 1.91. The Labute approximate surface area is 219 Å². The first-order valence-corrected chi connectivity index (χ1v) is 13.2. The Morgan fingerprint density at radius 3 is 2.74 bits per heavy atom. The summed E-state index contributed by atoms with van der Waals surface area (Å²) < 4.78 is 71.2. The van der Waals surface area contributed by atoms with E-state index in [-0.39, 0.29) is 17.4 Å². The van der Waals surface area contributed by atoms with Gasteiger partial charge in [-0.2, -0.15) is 17.5 Å². The second kappa shape index (κ2) is 9.80. The van der Waals surface area contributed by atoms with Crippen LogP contribution in [0.4, 0.5) is 13.2 Å². The van der Waals surface area contributed by atoms with Crippen molar-refractivity contribution in [2.24, 2.45) is 0 Å². The van der Waals surface area contributed by atoms with Crippen LogP contribution in [-0.2, 0) is 32.5 Å². The van der Waals surface area contributed by atoms with Gasteiger partial charge in [0.2, 0.25) is 5.82 Å². The zero-order chi connectivity index (χ0) is 27.2. The minimum absolute atomic E-state index is 0.185. The Balaban J connectivity index is 1.44. The zero-order valence-corrected chi connectivity index (χ0v) is 21.0. The van der Waals surface area contributed by atoms with E-state index >= 15 is 0 Å². The number of hydrogen-bond acceptors (Lipinski definition) is 8. The van der Waals surface area contributed by atoms with Crippen molar-refractivity contribution in [3.05, 3.63) is 52.6 Å². The fourth-order valence-corrected chi connectivity index (χ4v) is 5.99. The molecular formula is C22H20ClF3N6O5S. The molecule has 11 nitrogen and oxygen atoms in total. The molecule has 1 fully saturated rings. The number of nitrogens with zero attached hydrogens (tertiary/aromatic N) is 4. The molecule has 202 valence electrons. The van der Waals surface area contributed by atoms with Crippen LogP contribution < -0.4 is 5.32 Å². The second-order valence-electron chi connectivity index (χ2n) is 8.68. The Bertz CT molecular complexity index is 1530. The number of carbonyl (C=O) groups excluding carboxylic acids is 2. The minimum Gasteiger partial charge on any atom is -0.437 e. The van der Waals surface area contributed by atoms with Crippen LogP contribution in [0, 0.1) is 0 Å². The predicted octanol–water partition coefficient (Wildman–Crippen LogP) is 1.84. The van der Waals surface area contributed by atoms with Crippen molar-refractivity contribution in [3.63, 3.8) is 0 Å². The first-order valence-electron chi connectivity index (χ1n) is 11.4. The zero-order valence-electron chi connectivity index (χ0n) is 19.5. The third-order valence-electron chi connectivity index (χ3n) is 6.19. The Kier molecular flexibility index (Phi) is 6.79. The highest BCUT2D eigenvalue weighted by Crippen LogP contribution is 2.28. The summed E-state index contributed by atoms with van der Waals surface area (Å²) in [4.78, 5) is 36.9. The number of carbonyl (C=O) groups is 2. The topological polar surface area (TPSA) is 138 Å². The van der Waals surface area contributed by atoms with Gasteiger partial charge in [0, 0.05) is 60.3 Å². The molecule has 3 aromatic rings. The number of ether oxygens (including phenoxy) is 1. The molecule has 5 rings (SSSR count). The summed E-state index contributed by atoms with van der Waals surface area (Å²) >= 11 is 5.96. The Morgan fingerprint density at radius 1 is 1.18 bits per heavy atom. The summed E-state index contributed by atoms with van der Waals surface area (Å²) in [5.74, 6) is -3.50. The van der Waals surface area contributed by atoms with Crippen LogP contribution in [-0.4, -0.2) is 83.0 Å². The van der Waals surface area contributed by atoms with Gasteiger partial charge in [0.05, 0.1) is 12.2 Å². The number of aromatic amines is 1. The fraction of sp³-hybridized carbons (Fsp3) is 0.364. The van der Waals surface area contributed by atoms with Crippen LogP contribution in [0.5, 0.6) is 0 Å². The normalized spacial score (nSPS) is 18.8. The van der Waals surface area contributed by atoms with E-state index in [0.29, 0.717) is 45.4 Å². The van der Waals surface area contributed by atoms with Crippen molar-refractivity contribution in [2.75, 3.05) is 26.2 Å². The number of nitrogens with one attached hydrogen (secondary N) is 2. The molecule has 1 unspecified atom stereocenters. The molecule has 1 amide bonds. The molecule has 0 spiro atoms. The van der Waals surface area contributed by atoms with Crippen molar-refractivity contribution >= 4 is 44.4 Å². The number of piperazine rings is 1. The number of H-pyrrole nitrogens is 1. The molecule has 4 heterocycles. The molecule has 1 atom stereocenters. The highest BCUT2D eigenvalue weighted by Gasteiger charge is 2.47. The van der Waals surface area contributed by atoms with Gasteiger partial charge >= 0.3 is 12.1 Å². The van der Waals surface area contributed by atoms with E-state index in [9.17, 15) is 31.2 Å². The summed E-state index contributed by atoms with van der Waals surface area (Å²) in [7, 11) is -4.49. The molecule has 2 aliphatic rings. The van der Waals surface area contributed by atoms with Crippen LogP contribution in [0.15, 0.2) is 35.5 Å². The van der Waals surface area contributed by atoms with E-state index in [1.54, 1.807) is 6.07 Å². The van der Waals surface area contributed by atoms with Crippen LogP contribution in [0.25, 0.3) is 10.9 Å². The van der Waals surface area contributed by atoms with E-state index < -0.39 is 47.4 Å². The summed E-state index contributed by atoms with van der Waals surface area (Å²) in [5, 5.41) is 3.61. The van der Waals surface area contributed by atoms with Gasteiger partial charge in [-0.05, 0) is 24.3 Å². The number of halogens is 4. The first kappa shape index (κ1) is 26.3. The molecule has 1 aromatic carbocycles. The molecule has 0 radical (unpaired) electrons. The molecule has 2 aliphatic heterocycles. The molecule has 38 heavy (non-hydrogen) atoms. The fourth-order valence-electron chi connectivity index (χ4n) is 4.30. The summed E-state index contributed by atoms with van der Waals surface area (Å²) in [6.07, 6.45) is -5.28. The number of hydrogen-bond donors (Lipinski definition) is 2. The molecule has 2 N–H and O–H groups in total. The summed E-state index contributed by atoms with van der Waals surface area (Å²) in [6.45, 7) is -0.117. The number of rotatable bonds is 4. The molecular weight excluding hydrogens is 553 g/mol. The molecule has 1 saturated heterocycles. The van der Waals surface area contributed by atoms with Crippen molar-refractivity contribution < 1.29 is 35.9 Å². The van der Waals surface area contributed by atoms with E-state index in [2.05, 4.69) is 25.0 Å². The highest BCUT2D eigenvalue weighted by atomic mass is 35.5. The monoisotopic (exact) mass is 572 g/mol. The largest absolute Gasteiger partial charge is 0.490 e. The SMILES string of the molecule is O=C(c1ncc2c(n1)CCNC2)N1CCN(S(=O)(=O)c2cc3cc(Cl)ccc3[nH]2)C(OC(=O)C(F)(F)F)C1. The lowest BCUT2D eigenvalue weighted by molar-refractivity contribution is -0.211. The van der Waals surface area contributed by atoms with Gasteiger partial charge in [0.15, 0.2) is 6.23 Å². The lowest BCUT2D eigenvalue weighted by Crippen LogP contribution is -2.58. The number of fused-ring (bicyclic) bond motifs is 2. The number of benzene rings is 1. The van der Waals surface area contributed by atoms with Gasteiger partial charge in [0.1, 0.15) is 5.03 Å². The molecule has 0 bridgehead atoms. The smallest absolute Gasteiger partial charge is 0.437 e. The van der Waals surface area contributed by atoms with Gasteiger partial charge in [-0.3, -0.25) is 4.79 Å². The first-order chi connectivity index (χ1) is 17.9. The van der Waals surface area contributed by atoms with Crippen LogP contribution >= 0.6 is 11.6 Å². The van der Waals surface area contributed by atoms with E-state index in [1.807, 2.05) is 0 Å². The number of esters is 1. The number of alkyl halides is 3. The van der Waals surface area contributed by atoms with E-state index in [4.69, 9.17) is 11.6 Å². The number of amides is 1. The van der Waals surface area contributed by atoms with Crippen LogP contribution in [0.1, 0.15) is 21.9 Å². The number of sulfonamides is 1. The van der Waals surface area contributed by atoms with Gasteiger partial charge in [-0.1, -0.05) is 11.6 Å². The maximum atomic E-state index is 13.4. The average molecular weight is 573 g/mol. The third-order valence-corrected chi connectivity index (χ3v) is 8.24. The third kappa shape index (κ3) is 5.06. The average Bonchev–Trinajstić information content (AvgIpc) is 3.31. The highest BCUT2D eigenvalue weighted by molar-refractivity contribution is 7.89. The second-order valence-corrected chi connectivity index (χ2v) is 11.0. The number of aromatic nitrogens is 3. The standard InChI is InChI=1S/C22H20ClF3N6O5S/c23-14-1-2-15-12(7-14)8-17(29-15)38(35,36)32-6-5-31(11-18(32)37-21(34)22(24,25)26)20(33)19-28-10-13-9-27-4-3-16(13)30-19/h1-2,7-8,10,18,27,29H,3-6,9,11H2. The lowest BCUT2D eigenvalue weighted by atomic mass is 10.1. The Hall–Kier alpha value is -3.27. The van der Waals surface area contributed by atoms with Gasteiger partial charge in [-0.25, -0.2) is 23.2 Å². The lowest BCUT2D eigenvalue weighted by Gasteiger charge is -2.39. The molecule has 0 aliphatic carbocycles. The van der Waals surface area contributed by atoms with Crippen LogP contribution in [0.3, 0.4) is 0 Å². The van der Waals surface area contributed by atoms with Crippen molar-refractivity contribution in [1.29, 1.82) is 0 Å². The van der Waals surface area contributed by atoms with Crippen molar-refractivity contribution in [1.82, 2.24) is 29.5 Å². The van der Waals surface area contributed by atoms with Crippen molar-refractivity contribution in [3.8, 4) is 0 Å². The quantitative estimate of drug-likeness (QED) is 0.452. The van der Waals surface area contributed by atoms with E-state index in [1.165, 1.54) is 24.4 Å². The Morgan fingerprint density at radius 2 is 1.97 bits per heavy atom. The molecule has 0 saturated carbocycles.